The lowest BCUT2D eigenvalue weighted by Gasteiger charge is -2.20. The van der Waals surface area contributed by atoms with E-state index in [2.05, 4.69) is 19.2 Å². The van der Waals surface area contributed by atoms with Crippen LogP contribution in [0.1, 0.15) is 239 Å². The second-order valence-corrected chi connectivity index (χ2v) is 14.8. The zero-order valence-corrected chi connectivity index (χ0v) is 32.1. The summed E-state index contributed by atoms with van der Waals surface area (Å²) in [5, 5.41) is 22.9. The predicted molar refractivity (Wildman–Crippen MR) is 207 cm³/mol. The Labute approximate surface area is 295 Å². The minimum atomic E-state index is -0.832. The summed E-state index contributed by atoms with van der Waals surface area (Å²) >= 11 is 0. The van der Waals surface area contributed by atoms with E-state index in [-0.39, 0.29) is 12.5 Å². The van der Waals surface area contributed by atoms with Crippen molar-refractivity contribution in [3.8, 4) is 0 Å². The molecule has 0 saturated carbocycles. The molecular weight excluding hydrogens is 578 g/mol. The van der Waals surface area contributed by atoms with Crippen molar-refractivity contribution in [3.05, 3.63) is 12.2 Å². The molecule has 2 unspecified atom stereocenters. The van der Waals surface area contributed by atoms with Crippen LogP contribution < -0.4 is 5.32 Å². The fraction of sp³-hybridized carbons (Fsp3) is 0.930. The molecule has 0 bridgehead atoms. The summed E-state index contributed by atoms with van der Waals surface area (Å²) < 4.78 is 0. The molecule has 4 nitrogen and oxygen atoms in total. The Morgan fingerprint density at radius 3 is 1.11 bits per heavy atom. The lowest BCUT2D eigenvalue weighted by atomic mass is 10.0. The molecule has 1 amide bonds. The molecule has 0 aliphatic rings. The Morgan fingerprint density at radius 1 is 0.489 bits per heavy atom. The molecule has 47 heavy (non-hydrogen) atoms. The normalized spacial score (nSPS) is 13.0. The molecule has 0 spiro atoms. The van der Waals surface area contributed by atoms with Crippen molar-refractivity contribution in [2.75, 3.05) is 6.61 Å². The van der Waals surface area contributed by atoms with Crippen LogP contribution in [0, 0.1) is 0 Å². The fourth-order valence-electron chi connectivity index (χ4n) is 6.71. The Bertz CT molecular complexity index is 637. The Hall–Kier alpha value is -0.870. The molecular formula is C43H85NO3. The first-order valence-electron chi connectivity index (χ1n) is 21.4. The number of aliphatic hydroxyl groups is 2. The maximum Gasteiger partial charge on any atom is 0.220 e. The highest BCUT2D eigenvalue weighted by atomic mass is 16.3. The summed E-state index contributed by atoms with van der Waals surface area (Å²) in [5.74, 6) is -0.0609. The van der Waals surface area contributed by atoms with Gasteiger partial charge in [0.05, 0.1) is 18.8 Å². The molecule has 0 aliphatic carbocycles. The van der Waals surface area contributed by atoms with Crippen LogP contribution in [0.25, 0.3) is 0 Å². The van der Waals surface area contributed by atoms with E-state index in [1.54, 1.807) is 6.08 Å². The zero-order valence-electron chi connectivity index (χ0n) is 32.1. The number of hydrogen-bond donors (Lipinski definition) is 3. The number of nitrogens with one attached hydrogen (secondary N) is 1. The second-order valence-electron chi connectivity index (χ2n) is 14.8. The highest BCUT2D eigenvalue weighted by Crippen LogP contribution is 2.16. The van der Waals surface area contributed by atoms with E-state index in [0.29, 0.717) is 6.42 Å². The van der Waals surface area contributed by atoms with Crippen molar-refractivity contribution in [1.82, 2.24) is 5.32 Å². The summed E-state index contributed by atoms with van der Waals surface area (Å²) in [7, 11) is 0. The van der Waals surface area contributed by atoms with E-state index in [0.717, 1.165) is 25.7 Å². The minimum Gasteiger partial charge on any atom is -0.394 e. The number of amides is 1. The van der Waals surface area contributed by atoms with Gasteiger partial charge in [-0.25, -0.2) is 0 Å². The van der Waals surface area contributed by atoms with Crippen LogP contribution in [-0.4, -0.2) is 34.9 Å². The van der Waals surface area contributed by atoms with Gasteiger partial charge in [-0.2, -0.15) is 0 Å². The quantitative estimate of drug-likeness (QED) is 0.0453. The van der Waals surface area contributed by atoms with Gasteiger partial charge in [0.15, 0.2) is 0 Å². The molecule has 0 rings (SSSR count). The summed E-state index contributed by atoms with van der Waals surface area (Å²) in [6.07, 6.45) is 48.9. The first kappa shape index (κ1) is 46.1. The first-order chi connectivity index (χ1) is 23.2. The average molecular weight is 664 g/mol. The van der Waals surface area contributed by atoms with Gasteiger partial charge >= 0.3 is 0 Å². The smallest absolute Gasteiger partial charge is 0.220 e. The summed E-state index contributed by atoms with van der Waals surface area (Å²) in [4.78, 5) is 12.3. The SMILES string of the molecule is CCCCCCCCCCC/C=C/C(O)C(CO)NC(=O)CCCCCCCCCCCCCCCCCCCCCCCCCC. The Balaban J connectivity index is 3.46. The minimum absolute atomic E-state index is 0.0609. The lowest BCUT2D eigenvalue weighted by molar-refractivity contribution is -0.123. The molecule has 0 radical (unpaired) electrons. The molecule has 3 N–H and O–H groups in total. The third-order valence-corrected chi connectivity index (χ3v) is 10.0. The highest BCUT2D eigenvalue weighted by Gasteiger charge is 2.17. The maximum atomic E-state index is 12.3. The van der Waals surface area contributed by atoms with E-state index in [1.807, 2.05) is 6.08 Å². The first-order valence-corrected chi connectivity index (χ1v) is 21.4. The van der Waals surface area contributed by atoms with Gasteiger partial charge < -0.3 is 15.5 Å². The molecule has 0 heterocycles. The average Bonchev–Trinajstić information content (AvgIpc) is 3.07. The fourth-order valence-corrected chi connectivity index (χ4v) is 6.71. The number of unbranched alkanes of at least 4 members (excludes halogenated alkanes) is 32. The van der Waals surface area contributed by atoms with Crippen molar-refractivity contribution in [3.63, 3.8) is 0 Å². The van der Waals surface area contributed by atoms with Gasteiger partial charge in [0, 0.05) is 6.42 Å². The van der Waals surface area contributed by atoms with E-state index in [4.69, 9.17) is 0 Å². The number of carbonyl (C=O) groups is 1. The van der Waals surface area contributed by atoms with Crippen LogP contribution in [0.5, 0.6) is 0 Å². The van der Waals surface area contributed by atoms with Crippen molar-refractivity contribution >= 4 is 5.91 Å². The van der Waals surface area contributed by atoms with Gasteiger partial charge in [-0.1, -0.05) is 225 Å². The monoisotopic (exact) mass is 664 g/mol. The largest absolute Gasteiger partial charge is 0.394 e. The van der Waals surface area contributed by atoms with E-state index in [9.17, 15) is 15.0 Å². The van der Waals surface area contributed by atoms with Gasteiger partial charge in [-0.15, -0.1) is 0 Å². The van der Waals surface area contributed by atoms with Crippen molar-refractivity contribution < 1.29 is 15.0 Å². The van der Waals surface area contributed by atoms with Crippen LogP contribution in [0.3, 0.4) is 0 Å². The molecule has 0 aromatic heterocycles. The van der Waals surface area contributed by atoms with Gasteiger partial charge in [0.2, 0.25) is 5.91 Å². The van der Waals surface area contributed by atoms with Gasteiger partial charge in [-0.05, 0) is 19.3 Å². The van der Waals surface area contributed by atoms with Crippen LogP contribution in [0.2, 0.25) is 0 Å². The number of carbonyl (C=O) groups excluding carboxylic acids is 1. The van der Waals surface area contributed by atoms with Crippen molar-refractivity contribution in [1.29, 1.82) is 0 Å². The van der Waals surface area contributed by atoms with E-state index >= 15 is 0 Å². The van der Waals surface area contributed by atoms with Crippen LogP contribution in [0.15, 0.2) is 12.2 Å². The highest BCUT2D eigenvalue weighted by molar-refractivity contribution is 5.76. The zero-order chi connectivity index (χ0) is 34.3. The molecule has 4 heteroatoms. The Morgan fingerprint density at radius 2 is 0.787 bits per heavy atom. The topological polar surface area (TPSA) is 69.6 Å². The summed E-state index contributed by atoms with van der Waals surface area (Å²) in [5.41, 5.74) is 0. The second kappa shape index (κ2) is 39.6. The molecule has 0 aliphatic heterocycles. The lowest BCUT2D eigenvalue weighted by Crippen LogP contribution is -2.45. The third-order valence-electron chi connectivity index (χ3n) is 10.0. The number of aliphatic hydroxyl groups excluding tert-OH is 2. The molecule has 2 atom stereocenters. The standard InChI is InChI=1S/C43H85NO3/c1-3-5-7-9-11-13-15-16-17-18-19-20-21-22-23-24-25-26-27-29-31-33-35-37-39-43(47)44-41(40-45)42(46)38-36-34-32-30-28-14-12-10-8-6-4-2/h36,38,41-42,45-46H,3-35,37,39-40H2,1-2H3,(H,44,47)/b38-36+. The van der Waals surface area contributed by atoms with Gasteiger partial charge in [0.25, 0.3) is 0 Å². The van der Waals surface area contributed by atoms with Crippen LogP contribution >= 0.6 is 0 Å². The van der Waals surface area contributed by atoms with Gasteiger partial charge in [0.1, 0.15) is 0 Å². The van der Waals surface area contributed by atoms with Crippen LogP contribution in [0.4, 0.5) is 0 Å². The molecule has 0 fully saturated rings. The maximum absolute atomic E-state index is 12.3. The van der Waals surface area contributed by atoms with Crippen molar-refractivity contribution in [2.45, 2.75) is 251 Å². The molecule has 0 aromatic rings. The summed E-state index contributed by atoms with van der Waals surface area (Å²) in [6, 6.07) is -0.615. The van der Waals surface area contributed by atoms with Gasteiger partial charge in [-0.3, -0.25) is 4.79 Å². The predicted octanol–water partition coefficient (Wildman–Crippen LogP) is 13.1. The molecule has 0 aromatic carbocycles. The summed E-state index contributed by atoms with van der Waals surface area (Å²) in [6.45, 7) is 4.31. The van der Waals surface area contributed by atoms with Crippen LogP contribution in [-0.2, 0) is 4.79 Å². The molecule has 0 saturated heterocycles. The number of hydrogen-bond acceptors (Lipinski definition) is 3. The van der Waals surface area contributed by atoms with E-state index < -0.39 is 12.1 Å². The number of rotatable bonds is 39. The van der Waals surface area contributed by atoms with E-state index in [1.165, 1.54) is 193 Å². The molecule has 280 valence electrons. The van der Waals surface area contributed by atoms with Crippen molar-refractivity contribution in [2.24, 2.45) is 0 Å². The Kier molecular flexibility index (Phi) is 38.8. The number of allylic oxidation sites excluding steroid dienone is 1. The third kappa shape index (κ3) is 36.2.